The first kappa shape index (κ1) is 21.2. The molecule has 1 amide bonds. The first-order valence-electron chi connectivity index (χ1n) is 9.16. The summed E-state index contributed by atoms with van der Waals surface area (Å²) in [6.45, 7) is 0.677. The molecule has 0 aliphatic heterocycles. The zero-order valence-corrected chi connectivity index (χ0v) is 16.2. The molecule has 1 aromatic heterocycles. The maximum Gasteiger partial charge on any atom is 0.416 e. The number of nitrogens with zero attached hydrogens (tertiary/aromatic N) is 1. The van der Waals surface area contributed by atoms with E-state index < -0.39 is 17.6 Å². The van der Waals surface area contributed by atoms with E-state index in [4.69, 9.17) is 4.74 Å². The largest absolute Gasteiger partial charge is 0.497 e. The lowest BCUT2D eigenvalue weighted by Crippen LogP contribution is -2.13. The van der Waals surface area contributed by atoms with E-state index in [1.165, 1.54) is 6.20 Å². The van der Waals surface area contributed by atoms with Crippen LogP contribution >= 0.6 is 0 Å². The Morgan fingerprint density at radius 1 is 1.00 bits per heavy atom. The van der Waals surface area contributed by atoms with E-state index in [0.29, 0.717) is 18.1 Å². The number of pyridine rings is 1. The van der Waals surface area contributed by atoms with E-state index in [1.54, 1.807) is 19.2 Å². The zero-order valence-electron chi connectivity index (χ0n) is 16.2. The van der Waals surface area contributed by atoms with Crippen molar-refractivity contribution in [3.8, 4) is 5.75 Å². The van der Waals surface area contributed by atoms with Gasteiger partial charge in [-0.2, -0.15) is 13.2 Å². The number of hydrogen-bond acceptors (Lipinski definition) is 4. The number of amides is 1. The SMILES string of the molecule is COc1ccc(CCNc2ccc(NC(=O)c3ccc(C(F)(F)F)cc3)cn2)cc1. The maximum atomic E-state index is 12.6. The number of carbonyl (C=O) groups is 1. The fourth-order valence-electron chi connectivity index (χ4n) is 2.71. The van der Waals surface area contributed by atoms with Crippen molar-refractivity contribution in [2.45, 2.75) is 12.6 Å². The topological polar surface area (TPSA) is 63.2 Å². The van der Waals surface area contributed by atoms with Crippen molar-refractivity contribution in [2.75, 3.05) is 24.3 Å². The molecule has 0 radical (unpaired) electrons. The first-order valence-corrected chi connectivity index (χ1v) is 9.16. The van der Waals surface area contributed by atoms with Crippen LogP contribution in [0.5, 0.6) is 5.75 Å². The summed E-state index contributed by atoms with van der Waals surface area (Å²) in [6.07, 6.45) is -2.15. The van der Waals surface area contributed by atoms with Crippen LogP contribution in [-0.4, -0.2) is 24.5 Å². The maximum absolute atomic E-state index is 12.6. The summed E-state index contributed by atoms with van der Waals surface area (Å²) >= 11 is 0. The molecule has 0 aliphatic carbocycles. The van der Waals surface area contributed by atoms with Gasteiger partial charge in [-0.25, -0.2) is 4.98 Å². The number of nitrogens with one attached hydrogen (secondary N) is 2. The lowest BCUT2D eigenvalue weighted by Gasteiger charge is -2.09. The Labute approximate surface area is 171 Å². The molecule has 0 saturated carbocycles. The molecule has 2 N–H and O–H groups in total. The fourth-order valence-corrected chi connectivity index (χ4v) is 2.71. The van der Waals surface area contributed by atoms with Gasteiger partial charge in [0.25, 0.3) is 5.91 Å². The monoisotopic (exact) mass is 415 g/mol. The number of aromatic nitrogens is 1. The molecule has 156 valence electrons. The Bertz CT molecular complexity index is 971. The fraction of sp³-hybridized carbons (Fsp3) is 0.182. The molecule has 2 aromatic carbocycles. The van der Waals surface area contributed by atoms with Crippen molar-refractivity contribution in [3.05, 3.63) is 83.6 Å². The molecule has 1 heterocycles. The molecule has 0 unspecified atom stereocenters. The van der Waals surface area contributed by atoms with Crippen LogP contribution in [0.25, 0.3) is 0 Å². The Balaban J connectivity index is 1.50. The van der Waals surface area contributed by atoms with Crippen molar-refractivity contribution in [1.82, 2.24) is 4.98 Å². The smallest absolute Gasteiger partial charge is 0.416 e. The van der Waals surface area contributed by atoms with Crippen molar-refractivity contribution >= 4 is 17.4 Å². The van der Waals surface area contributed by atoms with Gasteiger partial charge in [-0.15, -0.1) is 0 Å². The summed E-state index contributed by atoms with van der Waals surface area (Å²) in [6, 6.07) is 15.2. The predicted molar refractivity (Wildman–Crippen MR) is 109 cm³/mol. The summed E-state index contributed by atoms with van der Waals surface area (Å²) in [7, 11) is 1.62. The van der Waals surface area contributed by atoms with Crippen LogP contribution in [0.2, 0.25) is 0 Å². The van der Waals surface area contributed by atoms with Gasteiger partial charge in [-0.05, 0) is 60.5 Å². The molecule has 8 heteroatoms. The third kappa shape index (κ3) is 5.73. The molecule has 5 nitrogen and oxygen atoms in total. The number of halogens is 3. The summed E-state index contributed by atoms with van der Waals surface area (Å²) in [4.78, 5) is 16.4. The minimum absolute atomic E-state index is 0.129. The first-order chi connectivity index (χ1) is 14.3. The molecule has 3 aromatic rings. The molecule has 0 spiro atoms. The van der Waals surface area contributed by atoms with Gasteiger partial charge in [-0.1, -0.05) is 12.1 Å². The Morgan fingerprint density at radius 3 is 2.27 bits per heavy atom. The Hall–Kier alpha value is -3.55. The van der Waals surface area contributed by atoms with Crippen molar-refractivity contribution < 1.29 is 22.7 Å². The van der Waals surface area contributed by atoms with Crippen LogP contribution < -0.4 is 15.4 Å². The van der Waals surface area contributed by atoms with Crippen LogP contribution in [-0.2, 0) is 12.6 Å². The van der Waals surface area contributed by atoms with Crippen LogP contribution in [0.3, 0.4) is 0 Å². The standard InChI is InChI=1S/C22H20F3N3O2/c1-30-19-9-2-15(3-10-19)12-13-26-20-11-8-18(14-27-20)28-21(29)16-4-6-17(7-5-16)22(23,24)25/h2-11,14H,12-13H2,1H3,(H,26,27)(H,28,29). The van der Waals surface area contributed by atoms with E-state index in [0.717, 1.165) is 42.0 Å². The summed E-state index contributed by atoms with van der Waals surface area (Å²) < 4.78 is 42.9. The average Bonchev–Trinajstić information content (AvgIpc) is 2.75. The number of ether oxygens (including phenoxy) is 1. The van der Waals surface area contributed by atoms with Gasteiger partial charge < -0.3 is 15.4 Å². The molecular formula is C22H20F3N3O2. The second kappa shape index (κ2) is 9.30. The number of anilines is 2. The minimum atomic E-state index is -4.44. The number of methoxy groups -OCH3 is 1. The second-order valence-corrected chi connectivity index (χ2v) is 6.49. The highest BCUT2D eigenvalue weighted by Crippen LogP contribution is 2.29. The Morgan fingerprint density at radius 2 is 1.70 bits per heavy atom. The van der Waals surface area contributed by atoms with Crippen LogP contribution in [0.1, 0.15) is 21.5 Å². The molecule has 0 fully saturated rings. The second-order valence-electron chi connectivity index (χ2n) is 6.49. The minimum Gasteiger partial charge on any atom is -0.497 e. The van der Waals surface area contributed by atoms with E-state index in [1.807, 2.05) is 24.3 Å². The Kier molecular flexibility index (Phi) is 6.56. The molecule has 0 aliphatic rings. The molecule has 3 rings (SSSR count). The third-order valence-electron chi connectivity index (χ3n) is 4.37. The van der Waals surface area contributed by atoms with Crippen LogP contribution in [0.15, 0.2) is 66.9 Å². The van der Waals surface area contributed by atoms with Crippen molar-refractivity contribution in [1.29, 1.82) is 0 Å². The predicted octanol–water partition coefficient (Wildman–Crippen LogP) is 5.02. The number of benzene rings is 2. The highest BCUT2D eigenvalue weighted by Gasteiger charge is 2.30. The van der Waals surface area contributed by atoms with Gasteiger partial charge >= 0.3 is 6.18 Å². The van der Waals surface area contributed by atoms with E-state index in [2.05, 4.69) is 15.6 Å². The van der Waals surface area contributed by atoms with Gasteiger partial charge in [0.1, 0.15) is 11.6 Å². The number of rotatable bonds is 7. The molecule has 0 saturated heterocycles. The summed E-state index contributed by atoms with van der Waals surface area (Å²) in [5.41, 5.74) is 0.930. The van der Waals surface area contributed by atoms with Crippen LogP contribution in [0, 0.1) is 0 Å². The third-order valence-corrected chi connectivity index (χ3v) is 4.37. The number of hydrogen-bond donors (Lipinski definition) is 2. The summed E-state index contributed by atoms with van der Waals surface area (Å²) in [5.74, 6) is 0.948. The van der Waals surface area contributed by atoms with Crippen molar-refractivity contribution in [2.24, 2.45) is 0 Å². The zero-order chi connectivity index (χ0) is 21.6. The van der Waals surface area contributed by atoms with Crippen LogP contribution in [0.4, 0.5) is 24.7 Å². The van der Waals surface area contributed by atoms with Gasteiger partial charge in [-0.3, -0.25) is 4.79 Å². The lowest BCUT2D eigenvalue weighted by atomic mass is 10.1. The quantitative estimate of drug-likeness (QED) is 0.569. The van der Waals surface area contributed by atoms with Gasteiger partial charge in [0.2, 0.25) is 0 Å². The molecule has 0 atom stereocenters. The van der Waals surface area contributed by atoms with E-state index >= 15 is 0 Å². The normalized spacial score (nSPS) is 11.1. The molecule has 0 bridgehead atoms. The van der Waals surface area contributed by atoms with Crippen molar-refractivity contribution in [3.63, 3.8) is 0 Å². The molecule has 30 heavy (non-hydrogen) atoms. The lowest BCUT2D eigenvalue weighted by molar-refractivity contribution is -0.137. The summed E-state index contributed by atoms with van der Waals surface area (Å²) in [5, 5.41) is 5.81. The number of alkyl halides is 3. The van der Waals surface area contributed by atoms with Gasteiger partial charge in [0.15, 0.2) is 0 Å². The van der Waals surface area contributed by atoms with E-state index in [9.17, 15) is 18.0 Å². The molecular weight excluding hydrogens is 395 g/mol. The highest BCUT2D eigenvalue weighted by molar-refractivity contribution is 6.04. The number of carbonyl (C=O) groups excluding carboxylic acids is 1. The van der Waals surface area contributed by atoms with E-state index in [-0.39, 0.29) is 5.56 Å². The van der Waals surface area contributed by atoms with Gasteiger partial charge in [0.05, 0.1) is 24.6 Å². The van der Waals surface area contributed by atoms with Gasteiger partial charge in [0, 0.05) is 12.1 Å². The average molecular weight is 415 g/mol. The highest BCUT2D eigenvalue weighted by atomic mass is 19.4.